The Balaban J connectivity index is 2.30. The molecule has 3 nitrogen and oxygen atoms in total. The fraction of sp³-hybridized carbons (Fsp3) is 0.0714. The van der Waals surface area contributed by atoms with Crippen LogP contribution in [-0.2, 0) is 4.79 Å². The van der Waals surface area contributed by atoms with Crippen molar-refractivity contribution < 1.29 is 9.90 Å². The zero-order valence-electron chi connectivity index (χ0n) is 9.47. The minimum Gasteiger partial charge on any atom is -0.548 e. The minimum absolute atomic E-state index is 0.398. The van der Waals surface area contributed by atoms with Gasteiger partial charge >= 0.3 is 0 Å². The summed E-state index contributed by atoms with van der Waals surface area (Å²) < 4.78 is 0. The molecule has 4 heteroatoms. The van der Waals surface area contributed by atoms with Gasteiger partial charge in [0, 0.05) is 10.7 Å². The van der Waals surface area contributed by atoms with Crippen molar-refractivity contribution in [1.82, 2.24) is 0 Å². The Morgan fingerprint density at radius 3 is 2.28 bits per heavy atom. The van der Waals surface area contributed by atoms with Gasteiger partial charge in [0.1, 0.15) is 0 Å². The number of para-hydroxylation sites is 1. The summed E-state index contributed by atoms with van der Waals surface area (Å²) in [5, 5.41) is 14.5. The lowest BCUT2D eigenvalue weighted by Gasteiger charge is -2.22. The molecule has 0 saturated carbocycles. The number of halogens is 1. The van der Waals surface area contributed by atoms with Crippen molar-refractivity contribution >= 4 is 23.3 Å². The first-order chi connectivity index (χ1) is 8.68. The Kier molecular flexibility index (Phi) is 3.85. The molecule has 1 N–H and O–H groups in total. The van der Waals surface area contributed by atoms with Gasteiger partial charge in [0.05, 0.1) is 12.0 Å². The summed E-state index contributed by atoms with van der Waals surface area (Å²) in [4.78, 5) is 11.2. The molecule has 0 amide bonds. The van der Waals surface area contributed by atoms with Crippen LogP contribution in [0.25, 0.3) is 0 Å². The molecule has 0 aromatic heterocycles. The molecular formula is C14H11ClNO2-. The van der Waals surface area contributed by atoms with Crippen LogP contribution in [0.5, 0.6) is 0 Å². The van der Waals surface area contributed by atoms with Gasteiger partial charge in [-0.15, -0.1) is 0 Å². The summed E-state index contributed by atoms with van der Waals surface area (Å²) in [7, 11) is 0. The SMILES string of the molecule is O=C([O-])C(Nc1ccccc1)c1ccccc1Cl. The van der Waals surface area contributed by atoms with Crippen LogP contribution >= 0.6 is 11.6 Å². The lowest BCUT2D eigenvalue weighted by Crippen LogP contribution is -2.34. The number of carbonyl (C=O) groups is 1. The van der Waals surface area contributed by atoms with E-state index in [0.717, 1.165) is 0 Å². The Labute approximate surface area is 110 Å². The van der Waals surface area contributed by atoms with Crippen molar-refractivity contribution in [3.8, 4) is 0 Å². The largest absolute Gasteiger partial charge is 0.548 e. The zero-order chi connectivity index (χ0) is 13.0. The molecule has 0 radical (unpaired) electrons. The first kappa shape index (κ1) is 12.5. The number of rotatable bonds is 4. The number of carboxylic acid groups (broad SMARTS) is 1. The fourth-order valence-corrected chi connectivity index (χ4v) is 1.92. The molecule has 0 aliphatic rings. The second-order valence-corrected chi connectivity index (χ2v) is 4.19. The number of nitrogens with one attached hydrogen (secondary N) is 1. The van der Waals surface area contributed by atoms with Gasteiger partial charge in [-0.3, -0.25) is 0 Å². The van der Waals surface area contributed by atoms with Crippen molar-refractivity contribution in [1.29, 1.82) is 0 Å². The maximum absolute atomic E-state index is 11.2. The molecule has 2 aromatic rings. The topological polar surface area (TPSA) is 52.2 Å². The van der Waals surface area contributed by atoms with Crippen LogP contribution in [0.2, 0.25) is 5.02 Å². The Morgan fingerprint density at radius 1 is 1.06 bits per heavy atom. The molecule has 0 bridgehead atoms. The van der Waals surface area contributed by atoms with Crippen molar-refractivity contribution in [3.05, 3.63) is 65.2 Å². The second kappa shape index (κ2) is 5.56. The van der Waals surface area contributed by atoms with E-state index in [1.54, 1.807) is 36.4 Å². The van der Waals surface area contributed by atoms with E-state index in [1.165, 1.54) is 0 Å². The molecule has 1 unspecified atom stereocenters. The van der Waals surface area contributed by atoms with Gasteiger partial charge in [0.2, 0.25) is 0 Å². The lowest BCUT2D eigenvalue weighted by molar-refractivity contribution is -0.307. The monoisotopic (exact) mass is 260 g/mol. The standard InChI is InChI=1S/C14H12ClNO2/c15-12-9-5-4-8-11(12)13(14(17)18)16-10-6-2-1-3-7-10/h1-9,13,16H,(H,17,18)/p-1. The average Bonchev–Trinajstić information content (AvgIpc) is 2.38. The fourth-order valence-electron chi connectivity index (χ4n) is 1.67. The maximum Gasteiger partial charge on any atom is 0.0927 e. The highest BCUT2D eigenvalue weighted by molar-refractivity contribution is 6.31. The molecule has 0 saturated heterocycles. The highest BCUT2D eigenvalue weighted by Crippen LogP contribution is 2.25. The van der Waals surface area contributed by atoms with Crippen LogP contribution in [0, 0.1) is 0 Å². The smallest absolute Gasteiger partial charge is 0.0927 e. The predicted octanol–water partition coefficient (Wildman–Crippen LogP) is 2.24. The Hall–Kier alpha value is -2.00. The quantitative estimate of drug-likeness (QED) is 0.917. The number of hydrogen-bond donors (Lipinski definition) is 1. The van der Waals surface area contributed by atoms with E-state index in [0.29, 0.717) is 16.3 Å². The van der Waals surface area contributed by atoms with E-state index in [2.05, 4.69) is 5.32 Å². The zero-order valence-corrected chi connectivity index (χ0v) is 10.2. The molecule has 2 aromatic carbocycles. The van der Waals surface area contributed by atoms with Gasteiger partial charge in [-0.05, 0) is 23.8 Å². The summed E-state index contributed by atoms with van der Waals surface area (Å²) >= 11 is 6.00. The number of hydrogen-bond acceptors (Lipinski definition) is 3. The van der Waals surface area contributed by atoms with Crippen LogP contribution in [0.3, 0.4) is 0 Å². The molecule has 0 spiro atoms. The third-order valence-corrected chi connectivity index (χ3v) is 2.88. The van der Waals surface area contributed by atoms with E-state index in [1.807, 2.05) is 18.2 Å². The number of carbonyl (C=O) groups excluding carboxylic acids is 1. The maximum atomic E-state index is 11.2. The van der Waals surface area contributed by atoms with Gasteiger partial charge < -0.3 is 15.2 Å². The van der Waals surface area contributed by atoms with Gasteiger partial charge in [-0.25, -0.2) is 0 Å². The summed E-state index contributed by atoms with van der Waals surface area (Å²) in [6.45, 7) is 0. The summed E-state index contributed by atoms with van der Waals surface area (Å²) in [6.07, 6.45) is 0. The van der Waals surface area contributed by atoms with Gasteiger partial charge in [0.15, 0.2) is 0 Å². The van der Waals surface area contributed by atoms with E-state index < -0.39 is 12.0 Å². The van der Waals surface area contributed by atoms with E-state index in [9.17, 15) is 9.90 Å². The molecule has 2 rings (SSSR count). The van der Waals surface area contributed by atoms with Crippen LogP contribution in [-0.4, -0.2) is 5.97 Å². The molecule has 0 heterocycles. The van der Waals surface area contributed by atoms with Crippen LogP contribution in [0.4, 0.5) is 5.69 Å². The summed E-state index contributed by atoms with van der Waals surface area (Å²) in [5.74, 6) is -1.22. The number of aliphatic carboxylic acids is 1. The third-order valence-electron chi connectivity index (χ3n) is 2.54. The lowest BCUT2D eigenvalue weighted by atomic mass is 10.1. The van der Waals surface area contributed by atoms with Gasteiger partial charge in [-0.2, -0.15) is 0 Å². The van der Waals surface area contributed by atoms with Gasteiger partial charge in [-0.1, -0.05) is 48.0 Å². The molecular weight excluding hydrogens is 250 g/mol. The highest BCUT2D eigenvalue weighted by atomic mass is 35.5. The molecule has 18 heavy (non-hydrogen) atoms. The molecule has 92 valence electrons. The number of carboxylic acids is 1. The number of benzene rings is 2. The van der Waals surface area contributed by atoms with Crippen LogP contribution < -0.4 is 10.4 Å². The Morgan fingerprint density at radius 2 is 1.67 bits per heavy atom. The van der Waals surface area contributed by atoms with Gasteiger partial charge in [0.25, 0.3) is 0 Å². The normalized spacial score (nSPS) is 11.8. The van der Waals surface area contributed by atoms with E-state index >= 15 is 0 Å². The summed E-state index contributed by atoms with van der Waals surface area (Å²) in [5.41, 5.74) is 1.19. The second-order valence-electron chi connectivity index (χ2n) is 3.78. The molecule has 0 fully saturated rings. The van der Waals surface area contributed by atoms with Crippen molar-refractivity contribution in [2.45, 2.75) is 6.04 Å². The molecule has 1 atom stereocenters. The predicted molar refractivity (Wildman–Crippen MR) is 69.3 cm³/mol. The first-order valence-corrected chi connectivity index (χ1v) is 5.83. The molecule has 0 aliphatic carbocycles. The minimum atomic E-state index is -1.22. The first-order valence-electron chi connectivity index (χ1n) is 5.45. The van der Waals surface area contributed by atoms with E-state index in [4.69, 9.17) is 11.6 Å². The van der Waals surface area contributed by atoms with Crippen LogP contribution in [0.15, 0.2) is 54.6 Å². The van der Waals surface area contributed by atoms with Crippen molar-refractivity contribution in [2.75, 3.05) is 5.32 Å². The Bertz CT molecular complexity index is 543. The van der Waals surface area contributed by atoms with E-state index in [-0.39, 0.29) is 0 Å². The van der Waals surface area contributed by atoms with Crippen molar-refractivity contribution in [2.24, 2.45) is 0 Å². The summed E-state index contributed by atoms with van der Waals surface area (Å²) in [6, 6.07) is 14.9. The average molecular weight is 261 g/mol. The highest BCUT2D eigenvalue weighted by Gasteiger charge is 2.15. The van der Waals surface area contributed by atoms with Crippen molar-refractivity contribution in [3.63, 3.8) is 0 Å². The number of anilines is 1. The third kappa shape index (κ3) is 2.81. The van der Waals surface area contributed by atoms with Crippen LogP contribution in [0.1, 0.15) is 11.6 Å². The molecule has 0 aliphatic heterocycles.